The van der Waals surface area contributed by atoms with Crippen molar-refractivity contribution >= 4 is 29.9 Å². The van der Waals surface area contributed by atoms with Crippen molar-refractivity contribution in [3.8, 4) is 11.5 Å². The van der Waals surface area contributed by atoms with Crippen molar-refractivity contribution in [1.29, 1.82) is 0 Å². The summed E-state index contributed by atoms with van der Waals surface area (Å²) in [7, 11) is 7.37. The summed E-state index contributed by atoms with van der Waals surface area (Å²) in [6, 6.07) is 16.4. The highest BCUT2D eigenvalue weighted by molar-refractivity contribution is 14.0. The number of nitrogens with zero attached hydrogens (tertiary/aromatic N) is 2. The van der Waals surface area contributed by atoms with Gasteiger partial charge in [0.2, 0.25) is 0 Å². The van der Waals surface area contributed by atoms with Crippen LogP contribution in [0.25, 0.3) is 0 Å². The minimum absolute atomic E-state index is 0. The molecule has 0 radical (unpaired) electrons. The zero-order valence-electron chi connectivity index (χ0n) is 17.0. The molecule has 28 heavy (non-hydrogen) atoms. The summed E-state index contributed by atoms with van der Waals surface area (Å²) in [5, 5.41) is 3.18. The summed E-state index contributed by atoms with van der Waals surface area (Å²) in [5.41, 5.74) is 8.41. The van der Waals surface area contributed by atoms with E-state index < -0.39 is 0 Å². The molecule has 3 N–H and O–H groups in total. The number of hydrogen-bond acceptors (Lipinski definition) is 4. The molecule has 0 amide bonds. The molecule has 0 aliphatic heterocycles. The van der Waals surface area contributed by atoms with Gasteiger partial charge in [-0.3, -0.25) is 4.99 Å². The van der Waals surface area contributed by atoms with Crippen LogP contribution in [-0.2, 0) is 6.42 Å². The molecular formula is C21H31IN4O2. The summed E-state index contributed by atoms with van der Waals surface area (Å²) in [6.45, 7) is 1.30. The van der Waals surface area contributed by atoms with E-state index in [4.69, 9.17) is 15.2 Å². The van der Waals surface area contributed by atoms with Gasteiger partial charge in [0.25, 0.3) is 0 Å². The number of benzene rings is 2. The van der Waals surface area contributed by atoms with E-state index >= 15 is 0 Å². The molecule has 0 aliphatic rings. The monoisotopic (exact) mass is 498 g/mol. The summed E-state index contributed by atoms with van der Waals surface area (Å²) in [4.78, 5) is 6.66. The largest absolute Gasteiger partial charge is 0.493 e. The second kappa shape index (κ2) is 12.5. The Morgan fingerprint density at radius 2 is 1.75 bits per heavy atom. The summed E-state index contributed by atoms with van der Waals surface area (Å²) >= 11 is 0. The van der Waals surface area contributed by atoms with Crippen LogP contribution in [0, 0.1) is 0 Å². The molecule has 154 valence electrons. The Morgan fingerprint density at radius 3 is 2.36 bits per heavy atom. The first kappa shape index (κ1) is 24.0. The fourth-order valence-corrected chi connectivity index (χ4v) is 2.85. The Kier molecular flexibility index (Phi) is 10.7. The van der Waals surface area contributed by atoms with Gasteiger partial charge in [-0.25, -0.2) is 0 Å². The highest BCUT2D eigenvalue weighted by Crippen LogP contribution is 2.27. The lowest BCUT2D eigenvalue weighted by Crippen LogP contribution is -2.34. The van der Waals surface area contributed by atoms with Gasteiger partial charge in [-0.1, -0.05) is 36.4 Å². The van der Waals surface area contributed by atoms with Crippen molar-refractivity contribution in [3.05, 3.63) is 59.7 Å². The molecule has 2 rings (SSSR count). The summed E-state index contributed by atoms with van der Waals surface area (Å²) in [5.74, 6) is 1.91. The van der Waals surface area contributed by atoms with Gasteiger partial charge < -0.3 is 25.4 Å². The number of hydrogen-bond donors (Lipinski definition) is 2. The van der Waals surface area contributed by atoms with Gasteiger partial charge in [-0.15, -0.1) is 24.0 Å². The van der Waals surface area contributed by atoms with Gasteiger partial charge in [0.15, 0.2) is 17.5 Å². The van der Waals surface area contributed by atoms with Crippen molar-refractivity contribution in [1.82, 2.24) is 10.2 Å². The van der Waals surface area contributed by atoms with E-state index in [0.717, 1.165) is 23.5 Å². The third-order valence-corrected chi connectivity index (χ3v) is 4.41. The molecule has 0 bridgehead atoms. The van der Waals surface area contributed by atoms with Gasteiger partial charge in [-0.2, -0.15) is 0 Å². The Bertz CT molecular complexity index is 738. The SMILES string of the molecule is COc1ccc(CCNC(N)=NCC(c2ccccc2)N(C)C)cc1OC.I. The van der Waals surface area contributed by atoms with E-state index in [-0.39, 0.29) is 30.0 Å². The molecule has 7 heteroatoms. The second-order valence-corrected chi connectivity index (χ2v) is 6.48. The number of guanidine groups is 1. The number of aliphatic imine (C=N–C) groups is 1. The fourth-order valence-electron chi connectivity index (χ4n) is 2.85. The number of halogens is 1. The Balaban J connectivity index is 0.00000392. The maximum Gasteiger partial charge on any atom is 0.188 e. The van der Waals surface area contributed by atoms with Crippen molar-refractivity contribution < 1.29 is 9.47 Å². The van der Waals surface area contributed by atoms with Gasteiger partial charge in [-0.05, 0) is 43.8 Å². The van der Waals surface area contributed by atoms with Crippen molar-refractivity contribution in [2.24, 2.45) is 10.7 Å². The van der Waals surface area contributed by atoms with Gasteiger partial charge in [0.1, 0.15) is 0 Å². The standard InChI is InChI=1S/C21H30N4O2.HI/c1-25(2)18(17-8-6-5-7-9-17)15-24-21(22)23-13-12-16-10-11-19(26-3)20(14-16)27-4;/h5-11,14,18H,12-13,15H2,1-4H3,(H3,22,23,24);1H. The first-order valence-corrected chi connectivity index (χ1v) is 9.01. The van der Waals surface area contributed by atoms with Crippen LogP contribution in [0.4, 0.5) is 0 Å². The van der Waals surface area contributed by atoms with Crippen LogP contribution in [0.1, 0.15) is 17.2 Å². The number of rotatable bonds is 9. The average molecular weight is 498 g/mol. The lowest BCUT2D eigenvalue weighted by atomic mass is 10.1. The first-order valence-electron chi connectivity index (χ1n) is 9.01. The maximum atomic E-state index is 6.04. The van der Waals surface area contributed by atoms with E-state index in [1.165, 1.54) is 5.56 Å². The zero-order valence-corrected chi connectivity index (χ0v) is 19.3. The smallest absolute Gasteiger partial charge is 0.188 e. The first-order chi connectivity index (χ1) is 13.0. The number of nitrogens with one attached hydrogen (secondary N) is 1. The molecule has 0 heterocycles. The van der Waals surface area contributed by atoms with E-state index in [1.54, 1.807) is 14.2 Å². The lowest BCUT2D eigenvalue weighted by Gasteiger charge is -2.23. The number of ether oxygens (including phenoxy) is 2. The highest BCUT2D eigenvalue weighted by atomic mass is 127. The zero-order chi connectivity index (χ0) is 19.6. The van der Waals surface area contributed by atoms with Crippen molar-refractivity contribution in [3.63, 3.8) is 0 Å². The highest BCUT2D eigenvalue weighted by Gasteiger charge is 2.13. The van der Waals surface area contributed by atoms with E-state index in [1.807, 2.05) is 50.5 Å². The number of nitrogens with two attached hydrogens (primary N) is 1. The number of likely N-dealkylation sites (N-methyl/N-ethyl adjacent to an activating group) is 1. The Labute approximate surface area is 185 Å². The molecule has 0 aliphatic carbocycles. The van der Waals surface area contributed by atoms with E-state index in [2.05, 4.69) is 27.3 Å². The third-order valence-electron chi connectivity index (χ3n) is 4.41. The molecule has 0 aromatic heterocycles. The van der Waals surface area contributed by atoms with Gasteiger partial charge in [0.05, 0.1) is 26.8 Å². The topological polar surface area (TPSA) is 72.1 Å². The normalized spacial score (nSPS) is 12.2. The minimum atomic E-state index is 0. The van der Waals surface area contributed by atoms with Crippen LogP contribution < -0.4 is 20.5 Å². The Morgan fingerprint density at radius 1 is 1.07 bits per heavy atom. The molecule has 0 saturated heterocycles. The molecular weight excluding hydrogens is 467 g/mol. The predicted octanol–water partition coefficient (Wildman–Crippen LogP) is 3.07. The Hall–Kier alpha value is -2.00. The molecule has 1 unspecified atom stereocenters. The van der Waals surface area contributed by atoms with Crippen molar-refractivity contribution in [2.75, 3.05) is 41.4 Å². The van der Waals surface area contributed by atoms with Crippen LogP contribution in [0.2, 0.25) is 0 Å². The fraction of sp³-hybridized carbons (Fsp3) is 0.381. The quantitative estimate of drug-likeness (QED) is 0.316. The molecule has 0 spiro atoms. The summed E-state index contributed by atoms with van der Waals surface area (Å²) in [6.07, 6.45) is 0.812. The maximum absolute atomic E-state index is 6.04. The number of methoxy groups -OCH3 is 2. The minimum Gasteiger partial charge on any atom is -0.493 e. The molecule has 2 aromatic rings. The van der Waals surface area contributed by atoms with Crippen LogP contribution >= 0.6 is 24.0 Å². The van der Waals surface area contributed by atoms with Gasteiger partial charge in [0, 0.05) is 6.54 Å². The van der Waals surface area contributed by atoms with Crippen LogP contribution in [-0.4, -0.2) is 52.3 Å². The molecule has 0 saturated carbocycles. The van der Waals surface area contributed by atoms with Crippen LogP contribution in [0.3, 0.4) is 0 Å². The molecule has 1 atom stereocenters. The summed E-state index contributed by atoms with van der Waals surface area (Å²) < 4.78 is 10.6. The van der Waals surface area contributed by atoms with Crippen LogP contribution in [0.15, 0.2) is 53.5 Å². The molecule has 0 fully saturated rings. The predicted molar refractivity (Wildman–Crippen MR) is 126 cm³/mol. The van der Waals surface area contributed by atoms with E-state index in [9.17, 15) is 0 Å². The lowest BCUT2D eigenvalue weighted by molar-refractivity contribution is 0.306. The third kappa shape index (κ3) is 7.20. The van der Waals surface area contributed by atoms with Gasteiger partial charge >= 0.3 is 0 Å². The van der Waals surface area contributed by atoms with Crippen molar-refractivity contribution in [2.45, 2.75) is 12.5 Å². The average Bonchev–Trinajstić information content (AvgIpc) is 2.68. The molecule has 6 nitrogen and oxygen atoms in total. The second-order valence-electron chi connectivity index (χ2n) is 6.48. The van der Waals surface area contributed by atoms with E-state index in [0.29, 0.717) is 19.0 Å². The molecule has 2 aromatic carbocycles. The van der Waals surface area contributed by atoms with Crippen LogP contribution in [0.5, 0.6) is 11.5 Å².